The van der Waals surface area contributed by atoms with Gasteiger partial charge in [0.15, 0.2) is 7.14 Å². The van der Waals surface area contributed by atoms with Gasteiger partial charge >= 0.3 is 0 Å². The third-order valence-corrected chi connectivity index (χ3v) is 11.5. The lowest BCUT2D eigenvalue weighted by molar-refractivity contribution is 0.593. The van der Waals surface area contributed by atoms with E-state index in [1.54, 1.807) is 0 Å². The maximum absolute atomic E-state index is 15.3. The lowest BCUT2D eigenvalue weighted by Crippen LogP contribution is -2.20. The Bertz CT molecular complexity index is 2330. The van der Waals surface area contributed by atoms with Crippen molar-refractivity contribution in [3.63, 3.8) is 0 Å². The van der Waals surface area contributed by atoms with Crippen molar-refractivity contribution in [3.8, 4) is 11.1 Å². The maximum atomic E-state index is 15.3. The molecule has 0 fully saturated rings. The number of fused-ring (bicyclic) bond motifs is 13. The van der Waals surface area contributed by atoms with E-state index in [0.717, 1.165) is 65.4 Å². The Morgan fingerprint density at radius 2 is 1.26 bits per heavy atom. The summed E-state index contributed by atoms with van der Waals surface area (Å²) >= 11 is 0. The molecule has 39 heavy (non-hydrogen) atoms. The van der Waals surface area contributed by atoms with Crippen molar-refractivity contribution in [2.45, 2.75) is 0 Å². The minimum absolute atomic E-state index is 0.866. The quantitative estimate of drug-likeness (QED) is 0.167. The number of nitrogens with zero attached hydrogens (tertiary/aromatic N) is 2. The molecular formula is C35H21N2OP. The van der Waals surface area contributed by atoms with Crippen molar-refractivity contribution in [1.82, 2.24) is 9.38 Å². The van der Waals surface area contributed by atoms with Gasteiger partial charge in [-0.3, -0.25) is 4.40 Å². The topological polar surface area (TPSA) is 34.4 Å². The average molecular weight is 517 g/mol. The minimum Gasteiger partial charge on any atom is -0.309 e. The Kier molecular flexibility index (Phi) is 4.05. The zero-order valence-electron chi connectivity index (χ0n) is 20.9. The van der Waals surface area contributed by atoms with Crippen molar-refractivity contribution in [1.29, 1.82) is 0 Å². The van der Waals surface area contributed by atoms with Gasteiger partial charge in [0, 0.05) is 26.7 Å². The molecule has 0 radical (unpaired) electrons. The van der Waals surface area contributed by atoms with Crippen molar-refractivity contribution in [2.75, 3.05) is 0 Å². The second kappa shape index (κ2) is 7.44. The highest BCUT2D eigenvalue weighted by atomic mass is 31.2. The lowest BCUT2D eigenvalue weighted by atomic mass is 9.99. The Morgan fingerprint density at radius 1 is 0.564 bits per heavy atom. The highest BCUT2D eigenvalue weighted by molar-refractivity contribution is 7.86. The van der Waals surface area contributed by atoms with Crippen molar-refractivity contribution >= 4 is 72.2 Å². The SMILES string of the molecule is O=P1(c2ccc3c(c2)c2ccc4ccccc4c2c2nc4ccccc4n32)c2ccccc2-c2ccccc21. The number of para-hydroxylation sites is 2. The Labute approximate surface area is 224 Å². The van der Waals surface area contributed by atoms with Gasteiger partial charge in [0.2, 0.25) is 0 Å². The van der Waals surface area contributed by atoms with Crippen LogP contribution in [-0.2, 0) is 4.57 Å². The molecule has 0 bridgehead atoms. The predicted octanol–water partition coefficient (Wildman–Crippen LogP) is 7.57. The first kappa shape index (κ1) is 21.2. The van der Waals surface area contributed by atoms with Gasteiger partial charge in [0.25, 0.3) is 0 Å². The number of aromatic nitrogens is 2. The van der Waals surface area contributed by atoms with E-state index in [1.807, 2.05) is 42.5 Å². The molecule has 0 saturated carbocycles. The van der Waals surface area contributed by atoms with Crippen molar-refractivity contribution in [2.24, 2.45) is 0 Å². The molecule has 0 N–H and O–H groups in total. The molecule has 6 aromatic carbocycles. The van der Waals surface area contributed by atoms with E-state index in [4.69, 9.17) is 4.98 Å². The smallest absolute Gasteiger partial charge is 0.172 e. The minimum atomic E-state index is -3.05. The molecule has 0 saturated heterocycles. The summed E-state index contributed by atoms with van der Waals surface area (Å²) in [7, 11) is -3.05. The highest BCUT2D eigenvalue weighted by Gasteiger charge is 2.40. The molecule has 8 aromatic rings. The summed E-state index contributed by atoms with van der Waals surface area (Å²) in [4.78, 5) is 5.12. The molecule has 182 valence electrons. The van der Waals surface area contributed by atoms with Crippen LogP contribution in [0.25, 0.3) is 60.3 Å². The van der Waals surface area contributed by atoms with Crippen LogP contribution < -0.4 is 15.9 Å². The summed E-state index contributed by atoms with van der Waals surface area (Å²) < 4.78 is 17.5. The maximum Gasteiger partial charge on any atom is 0.172 e. The fourth-order valence-electron chi connectivity index (χ4n) is 6.66. The fraction of sp³-hybridized carbons (Fsp3) is 0. The monoisotopic (exact) mass is 516 g/mol. The zero-order chi connectivity index (χ0) is 25.7. The summed E-state index contributed by atoms with van der Waals surface area (Å²) in [5, 5.41) is 8.41. The molecule has 0 amide bonds. The van der Waals surface area contributed by atoms with E-state index in [0.29, 0.717) is 0 Å². The molecule has 0 spiro atoms. The molecule has 1 aliphatic heterocycles. The third-order valence-electron chi connectivity index (χ3n) is 8.37. The Hall–Kier alpha value is -4.72. The van der Waals surface area contributed by atoms with Crippen LogP contribution in [-0.4, -0.2) is 9.38 Å². The first-order valence-electron chi connectivity index (χ1n) is 13.2. The van der Waals surface area contributed by atoms with Gasteiger partial charge in [-0.2, -0.15) is 0 Å². The molecule has 9 rings (SSSR count). The van der Waals surface area contributed by atoms with Crippen LogP contribution in [0.3, 0.4) is 0 Å². The van der Waals surface area contributed by atoms with Gasteiger partial charge < -0.3 is 4.57 Å². The van der Waals surface area contributed by atoms with Gasteiger partial charge in [0.05, 0.1) is 16.6 Å². The summed E-state index contributed by atoms with van der Waals surface area (Å²) in [6, 6.07) is 43.9. The highest BCUT2D eigenvalue weighted by Crippen LogP contribution is 2.52. The molecule has 3 nitrogen and oxygen atoms in total. The van der Waals surface area contributed by atoms with E-state index in [-0.39, 0.29) is 0 Å². The molecular weight excluding hydrogens is 495 g/mol. The summed E-state index contributed by atoms with van der Waals surface area (Å²) in [5.74, 6) is 0. The number of rotatable bonds is 1. The predicted molar refractivity (Wildman–Crippen MR) is 164 cm³/mol. The standard InChI is InChI=1S/C35H21N2OP/c38-39(32-15-7-3-11-25(32)26-12-4-8-16-33(26)39)23-18-20-30-28(21-23)27-19-17-22-9-1-2-10-24(22)34(27)35-36-29-13-5-6-14-31(29)37(30)35/h1-21H. The molecule has 0 unspecified atom stereocenters. The number of imidazole rings is 1. The van der Waals surface area contributed by atoms with Crippen LogP contribution in [0.4, 0.5) is 0 Å². The van der Waals surface area contributed by atoms with E-state index >= 15 is 4.57 Å². The Morgan fingerprint density at radius 3 is 2.08 bits per heavy atom. The zero-order valence-corrected chi connectivity index (χ0v) is 21.8. The number of pyridine rings is 1. The average Bonchev–Trinajstić information content (AvgIpc) is 3.51. The second-order valence-corrected chi connectivity index (χ2v) is 13.0. The summed E-state index contributed by atoms with van der Waals surface area (Å²) in [5.41, 5.74) is 6.20. The summed E-state index contributed by atoms with van der Waals surface area (Å²) in [6.07, 6.45) is 0. The number of hydrogen-bond acceptors (Lipinski definition) is 2. The van der Waals surface area contributed by atoms with E-state index in [1.165, 1.54) is 10.8 Å². The normalized spacial score (nSPS) is 13.9. The van der Waals surface area contributed by atoms with Crippen LogP contribution >= 0.6 is 7.14 Å². The van der Waals surface area contributed by atoms with Gasteiger partial charge in [-0.25, -0.2) is 4.98 Å². The second-order valence-electron chi connectivity index (χ2n) is 10.3. The number of benzene rings is 6. The van der Waals surface area contributed by atoms with Gasteiger partial charge in [-0.05, 0) is 57.6 Å². The van der Waals surface area contributed by atoms with E-state index in [2.05, 4.69) is 89.3 Å². The fourth-order valence-corrected chi connectivity index (χ4v) is 9.74. The largest absolute Gasteiger partial charge is 0.309 e. The van der Waals surface area contributed by atoms with Gasteiger partial charge in [0.1, 0.15) is 5.65 Å². The molecule has 0 atom stereocenters. The van der Waals surface area contributed by atoms with Gasteiger partial charge in [-0.15, -0.1) is 0 Å². The molecule has 0 aliphatic carbocycles. The number of hydrogen-bond donors (Lipinski definition) is 0. The lowest BCUT2D eigenvalue weighted by Gasteiger charge is -2.18. The van der Waals surface area contributed by atoms with E-state index in [9.17, 15) is 0 Å². The van der Waals surface area contributed by atoms with Crippen LogP contribution in [0, 0.1) is 0 Å². The summed E-state index contributed by atoms with van der Waals surface area (Å²) in [6.45, 7) is 0. The van der Waals surface area contributed by atoms with Crippen LogP contribution in [0.1, 0.15) is 0 Å². The first-order chi connectivity index (χ1) is 19.2. The molecule has 4 heteroatoms. The molecule has 3 heterocycles. The molecule has 2 aromatic heterocycles. The van der Waals surface area contributed by atoms with Crippen molar-refractivity contribution < 1.29 is 4.57 Å². The van der Waals surface area contributed by atoms with E-state index < -0.39 is 7.14 Å². The molecule has 1 aliphatic rings. The van der Waals surface area contributed by atoms with Crippen LogP contribution in [0.2, 0.25) is 0 Å². The van der Waals surface area contributed by atoms with Gasteiger partial charge in [-0.1, -0.05) is 97.1 Å². The third kappa shape index (κ3) is 2.63. The first-order valence-corrected chi connectivity index (χ1v) is 14.9. The van der Waals surface area contributed by atoms with Crippen LogP contribution in [0.15, 0.2) is 127 Å². The Balaban J connectivity index is 1.48. The van der Waals surface area contributed by atoms with Crippen LogP contribution in [0.5, 0.6) is 0 Å². The van der Waals surface area contributed by atoms with Crippen molar-refractivity contribution in [3.05, 3.63) is 127 Å².